The molecule has 0 spiro atoms. The van der Waals surface area contributed by atoms with E-state index in [1.54, 1.807) is 54.6 Å². The molecule has 0 unspecified atom stereocenters. The molecular weight excluding hydrogens is 577 g/mol. The summed E-state index contributed by atoms with van der Waals surface area (Å²) in [5, 5.41) is 16.6. The summed E-state index contributed by atoms with van der Waals surface area (Å²) in [4.78, 5) is 24.6. The Morgan fingerprint density at radius 2 is 1.81 bits per heavy atom. The van der Waals surface area contributed by atoms with Crippen molar-refractivity contribution in [3.05, 3.63) is 85.4 Å². The number of halogens is 2. The minimum absolute atomic E-state index is 0.0519. The first-order chi connectivity index (χ1) is 14.9. The number of nitrogens with one attached hydrogen (secondary N) is 2. The molecule has 0 atom stereocenters. The van der Waals surface area contributed by atoms with Crippen molar-refractivity contribution in [2.24, 2.45) is 5.10 Å². The van der Waals surface area contributed by atoms with Crippen LogP contribution in [0.15, 0.2) is 70.2 Å². The number of ether oxygens (including phenoxy) is 1. The smallest absolute Gasteiger partial charge is 0.271 e. The van der Waals surface area contributed by atoms with Gasteiger partial charge in [-0.05, 0) is 92.6 Å². The second-order valence-corrected chi connectivity index (χ2v) is 8.28. The van der Waals surface area contributed by atoms with Crippen molar-refractivity contribution in [3.8, 4) is 11.5 Å². The van der Waals surface area contributed by atoms with Crippen LogP contribution in [0.2, 0.25) is 0 Å². The van der Waals surface area contributed by atoms with Crippen LogP contribution in [0.4, 0.5) is 5.69 Å². The van der Waals surface area contributed by atoms with Crippen LogP contribution >= 0.6 is 38.5 Å². The van der Waals surface area contributed by atoms with E-state index >= 15 is 0 Å². The number of hydrogen-bond donors (Lipinski definition) is 3. The van der Waals surface area contributed by atoms with Crippen LogP contribution in [0, 0.1) is 3.57 Å². The Balaban J connectivity index is 1.62. The zero-order valence-electron chi connectivity index (χ0n) is 16.2. The van der Waals surface area contributed by atoms with E-state index in [-0.39, 0.29) is 11.7 Å². The van der Waals surface area contributed by atoms with Crippen LogP contribution in [0.3, 0.4) is 0 Å². The average Bonchev–Trinajstić information content (AvgIpc) is 2.76. The molecule has 0 aliphatic heterocycles. The van der Waals surface area contributed by atoms with E-state index in [9.17, 15) is 14.7 Å². The summed E-state index contributed by atoms with van der Waals surface area (Å²) in [7, 11) is 1.46. The lowest BCUT2D eigenvalue weighted by Crippen LogP contribution is -2.18. The molecule has 3 N–H and O–H groups in total. The van der Waals surface area contributed by atoms with Gasteiger partial charge in [0.05, 0.1) is 22.5 Å². The van der Waals surface area contributed by atoms with E-state index < -0.39 is 5.91 Å². The largest absolute Gasteiger partial charge is 0.504 e. The van der Waals surface area contributed by atoms with E-state index in [0.29, 0.717) is 36.2 Å². The summed E-state index contributed by atoms with van der Waals surface area (Å²) in [5.41, 5.74) is 4.56. The second-order valence-electron chi connectivity index (χ2n) is 6.26. The number of nitrogens with zero attached hydrogens (tertiary/aromatic N) is 1. The molecule has 9 heteroatoms. The number of phenolic OH excluding ortho intramolecular Hbond substituents is 1. The molecule has 0 saturated heterocycles. The molecule has 2 amide bonds. The topological polar surface area (TPSA) is 100 Å². The molecule has 3 aromatic rings. The molecule has 0 heterocycles. The molecule has 3 rings (SSSR count). The Bertz CT molecular complexity index is 1150. The number of carbonyl (C=O) groups is 2. The van der Waals surface area contributed by atoms with Gasteiger partial charge in [-0.15, -0.1) is 0 Å². The number of carbonyl (C=O) groups excluding carboxylic acids is 2. The van der Waals surface area contributed by atoms with Crippen LogP contribution in [-0.2, 0) is 0 Å². The van der Waals surface area contributed by atoms with Gasteiger partial charge in [-0.25, -0.2) is 5.43 Å². The summed E-state index contributed by atoms with van der Waals surface area (Å²) < 4.78 is 6.40. The first-order valence-electron chi connectivity index (χ1n) is 8.95. The first-order valence-corrected chi connectivity index (χ1v) is 10.8. The Morgan fingerprint density at radius 1 is 1.10 bits per heavy atom. The molecule has 31 heavy (non-hydrogen) atoms. The molecule has 3 aromatic carbocycles. The van der Waals surface area contributed by atoms with Gasteiger partial charge in [0.1, 0.15) is 0 Å². The number of hydrogen-bond acceptors (Lipinski definition) is 5. The highest BCUT2D eigenvalue weighted by Crippen LogP contribution is 2.31. The van der Waals surface area contributed by atoms with Gasteiger partial charge in [-0.2, -0.15) is 5.10 Å². The predicted octanol–water partition coefficient (Wildman–Crippen LogP) is 4.78. The molecule has 0 aliphatic carbocycles. The third-order valence-electron chi connectivity index (χ3n) is 4.17. The Labute approximate surface area is 200 Å². The van der Waals surface area contributed by atoms with Crippen molar-refractivity contribution in [3.63, 3.8) is 0 Å². The van der Waals surface area contributed by atoms with Crippen LogP contribution in [0.5, 0.6) is 11.5 Å². The summed E-state index contributed by atoms with van der Waals surface area (Å²) in [6.45, 7) is 0. The van der Waals surface area contributed by atoms with Crippen LogP contribution in [0.1, 0.15) is 26.3 Å². The van der Waals surface area contributed by atoms with Crippen molar-refractivity contribution in [2.45, 2.75) is 0 Å². The van der Waals surface area contributed by atoms with Gasteiger partial charge in [0, 0.05) is 15.7 Å². The Kier molecular flexibility index (Phi) is 7.64. The lowest BCUT2D eigenvalue weighted by Gasteiger charge is -2.08. The monoisotopic (exact) mass is 593 g/mol. The van der Waals surface area contributed by atoms with Crippen LogP contribution in [-0.4, -0.2) is 30.2 Å². The SMILES string of the molecule is COc1cc(/C=N/NC(=O)c2ccc(NC(=O)c3ccccc3Br)cc2)cc(I)c1O. The highest BCUT2D eigenvalue weighted by molar-refractivity contribution is 14.1. The number of hydrazone groups is 1. The lowest BCUT2D eigenvalue weighted by molar-refractivity contribution is 0.0954. The zero-order chi connectivity index (χ0) is 22.4. The molecule has 0 bridgehead atoms. The zero-order valence-corrected chi connectivity index (χ0v) is 20.0. The fourth-order valence-corrected chi connectivity index (χ4v) is 3.69. The Hall–Kier alpha value is -2.92. The van der Waals surface area contributed by atoms with Crippen LogP contribution in [0.25, 0.3) is 0 Å². The van der Waals surface area contributed by atoms with Gasteiger partial charge < -0.3 is 15.2 Å². The molecule has 0 radical (unpaired) electrons. The molecular formula is C22H17BrIN3O4. The van der Waals surface area contributed by atoms with Crippen molar-refractivity contribution in [1.29, 1.82) is 0 Å². The van der Waals surface area contributed by atoms with E-state index in [0.717, 1.165) is 0 Å². The average molecular weight is 594 g/mol. The minimum Gasteiger partial charge on any atom is -0.504 e. The highest BCUT2D eigenvalue weighted by Gasteiger charge is 2.11. The molecule has 7 nitrogen and oxygen atoms in total. The van der Waals surface area contributed by atoms with Gasteiger partial charge >= 0.3 is 0 Å². The third kappa shape index (κ3) is 5.82. The van der Waals surface area contributed by atoms with E-state index in [2.05, 4.69) is 31.8 Å². The summed E-state index contributed by atoms with van der Waals surface area (Å²) in [6, 6.07) is 16.9. The highest BCUT2D eigenvalue weighted by atomic mass is 127. The number of anilines is 1. The van der Waals surface area contributed by atoms with Gasteiger partial charge in [0.15, 0.2) is 11.5 Å². The van der Waals surface area contributed by atoms with Crippen LogP contribution < -0.4 is 15.5 Å². The van der Waals surface area contributed by atoms with Crippen molar-refractivity contribution in [1.82, 2.24) is 5.43 Å². The predicted molar refractivity (Wildman–Crippen MR) is 131 cm³/mol. The van der Waals surface area contributed by atoms with Gasteiger partial charge in [0.2, 0.25) is 0 Å². The van der Waals surface area contributed by atoms with E-state index in [4.69, 9.17) is 4.74 Å². The van der Waals surface area contributed by atoms with Gasteiger partial charge in [-0.3, -0.25) is 9.59 Å². The second kappa shape index (κ2) is 10.4. The lowest BCUT2D eigenvalue weighted by atomic mass is 10.1. The first kappa shape index (κ1) is 22.8. The normalized spacial score (nSPS) is 10.7. The van der Waals surface area contributed by atoms with Crippen molar-refractivity contribution in [2.75, 3.05) is 12.4 Å². The number of benzene rings is 3. The maximum atomic E-state index is 12.4. The fraction of sp³-hybridized carbons (Fsp3) is 0.0455. The summed E-state index contributed by atoms with van der Waals surface area (Å²) in [5.74, 6) is -0.287. The molecule has 0 fully saturated rings. The maximum Gasteiger partial charge on any atom is 0.271 e. The van der Waals surface area contributed by atoms with Gasteiger partial charge in [-0.1, -0.05) is 12.1 Å². The molecule has 158 valence electrons. The standard InChI is InChI=1S/C22H17BrIN3O4/c1-31-19-11-13(10-18(24)20(19)28)12-25-27-21(29)14-6-8-15(9-7-14)26-22(30)16-4-2-3-5-17(16)23/h2-12,28H,1H3,(H,26,30)(H,27,29)/b25-12+. The minimum atomic E-state index is -0.402. The number of rotatable bonds is 6. The molecule has 0 aliphatic rings. The summed E-state index contributed by atoms with van der Waals surface area (Å²) >= 11 is 5.33. The fourth-order valence-electron chi connectivity index (χ4n) is 2.60. The number of phenols is 1. The van der Waals surface area contributed by atoms with E-state index in [1.807, 2.05) is 28.7 Å². The third-order valence-corrected chi connectivity index (χ3v) is 5.69. The maximum absolute atomic E-state index is 12.4. The Morgan fingerprint density at radius 3 is 2.48 bits per heavy atom. The number of aromatic hydroxyl groups is 1. The van der Waals surface area contributed by atoms with Crippen molar-refractivity contribution >= 4 is 62.2 Å². The molecule has 0 aromatic heterocycles. The number of amides is 2. The quantitative estimate of drug-likeness (QED) is 0.217. The summed E-state index contributed by atoms with van der Waals surface area (Å²) in [6.07, 6.45) is 1.45. The van der Waals surface area contributed by atoms with Crippen molar-refractivity contribution < 1.29 is 19.4 Å². The van der Waals surface area contributed by atoms with E-state index in [1.165, 1.54) is 13.3 Å². The number of methoxy groups -OCH3 is 1. The van der Waals surface area contributed by atoms with Gasteiger partial charge in [0.25, 0.3) is 11.8 Å². The molecule has 0 saturated carbocycles.